The maximum atomic E-state index is 12.1. The molecule has 1 heterocycles. The molecule has 1 fully saturated rings. The quantitative estimate of drug-likeness (QED) is 0.828. The molecule has 0 bridgehead atoms. The minimum atomic E-state index is 0.183. The fourth-order valence-corrected chi connectivity index (χ4v) is 2.60. The number of hydrogen-bond acceptors (Lipinski definition) is 4. The zero-order chi connectivity index (χ0) is 15.1. The molecule has 0 aromatic heterocycles. The lowest BCUT2D eigenvalue weighted by molar-refractivity contribution is -0.130. The molecule has 1 aliphatic heterocycles. The van der Waals surface area contributed by atoms with Gasteiger partial charge in [-0.05, 0) is 50.2 Å². The monoisotopic (exact) mass is 292 g/mol. The van der Waals surface area contributed by atoms with E-state index in [0.717, 1.165) is 37.6 Å². The Kier molecular flexibility index (Phi) is 5.87. The molecular weight excluding hydrogens is 268 g/mol. The molecule has 5 heteroatoms. The Bertz CT molecular complexity index is 447. The Morgan fingerprint density at radius 2 is 2.05 bits per heavy atom. The van der Waals surface area contributed by atoms with Gasteiger partial charge in [-0.1, -0.05) is 0 Å². The van der Waals surface area contributed by atoms with Crippen LogP contribution in [0, 0.1) is 5.92 Å². The van der Waals surface area contributed by atoms with Crippen LogP contribution in [0.5, 0.6) is 11.5 Å². The zero-order valence-corrected chi connectivity index (χ0v) is 12.8. The lowest BCUT2D eigenvalue weighted by Gasteiger charge is -2.16. The lowest BCUT2D eigenvalue weighted by Crippen LogP contribution is -2.31. The average molecular weight is 292 g/mol. The van der Waals surface area contributed by atoms with Crippen LogP contribution in [0.15, 0.2) is 24.3 Å². The highest BCUT2D eigenvalue weighted by Crippen LogP contribution is 2.18. The minimum Gasteiger partial charge on any atom is -0.497 e. The van der Waals surface area contributed by atoms with Crippen molar-refractivity contribution in [1.82, 2.24) is 10.2 Å². The van der Waals surface area contributed by atoms with Gasteiger partial charge in [0.2, 0.25) is 5.91 Å². The number of rotatable bonds is 7. The van der Waals surface area contributed by atoms with E-state index in [1.54, 1.807) is 7.11 Å². The normalized spacial score (nSPS) is 17.8. The third-order valence-corrected chi connectivity index (χ3v) is 3.78. The van der Waals surface area contributed by atoms with E-state index >= 15 is 0 Å². The molecule has 1 aromatic rings. The Balaban J connectivity index is 1.69. The van der Waals surface area contributed by atoms with E-state index in [4.69, 9.17) is 9.47 Å². The van der Waals surface area contributed by atoms with Crippen molar-refractivity contribution >= 4 is 5.91 Å². The van der Waals surface area contributed by atoms with Crippen molar-refractivity contribution in [3.8, 4) is 11.5 Å². The smallest absolute Gasteiger partial charge is 0.226 e. The summed E-state index contributed by atoms with van der Waals surface area (Å²) in [5.74, 6) is 2.33. The second-order valence-corrected chi connectivity index (χ2v) is 5.33. The summed E-state index contributed by atoms with van der Waals surface area (Å²) in [7, 11) is 3.58. The van der Waals surface area contributed by atoms with Crippen molar-refractivity contribution < 1.29 is 14.3 Å². The molecule has 1 aliphatic rings. The first-order chi connectivity index (χ1) is 10.2. The molecule has 0 radical (unpaired) electrons. The van der Waals surface area contributed by atoms with Crippen molar-refractivity contribution in [2.75, 3.05) is 40.4 Å². The van der Waals surface area contributed by atoms with E-state index in [9.17, 15) is 4.79 Å². The molecule has 1 aromatic carbocycles. The van der Waals surface area contributed by atoms with Gasteiger partial charge in [-0.25, -0.2) is 0 Å². The molecule has 1 amide bonds. The number of ether oxygens (including phenoxy) is 2. The maximum Gasteiger partial charge on any atom is 0.226 e. The van der Waals surface area contributed by atoms with Gasteiger partial charge in [0, 0.05) is 13.1 Å². The molecule has 0 spiro atoms. The van der Waals surface area contributed by atoms with Gasteiger partial charge in [-0.2, -0.15) is 0 Å². The molecule has 5 nitrogen and oxygen atoms in total. The first-order valence-electron chi connectivity index (χ1n) is 7.42. The van der Waals surface area contributed by atoms with Crippen LogP contribution in [0.25, 0.3) is 0 Å². The van der Waals surface area contributed by atoms with Crippen LogP contribution in [0.1, 0.15) is 12.8 Å². The standard InChI is InChI=1S/C16H24N2O3/c1-17-11-13-7-9-18(12-13)16(19)8-10-21-15-5-3-14(20-2)4-6-15/h3-6,13,17H,7-12H2,1-2H3. The van der Waals surface area contributed by atoms with Crippen molar-refractivity contribution in [2.24, 2.45) is 5.92 Å². The summed E-state index contributed by atoms with van der Waals surface area (Å²) in [6, 6.07) is 7.39. The van der Waals surface area contributed by atoms with Gasteiger partial charge in [0.15, 0.2) is 0 Å². The molecule has 1 N–H and O–H groups in total. The van der Waals surface area contributed by atoms with Gasteiger partial charge in [0.05, 0.1) is 20.1 Å². The van der Waals surface area contributed by atoms with Crippen LogP contribution in [0.3, 0.4) is 0 Å². The average Bonchev–Trinajstić information content (AvgIpc) is 2.97. The first kappa shape index (κ1) is 15.6. The number of amides is 1. The van der Waals surface area contributed by atoms with Gasteiger partial charge in [-0.3, -0.25) is 4.79 Å². The molecular formula is C16H24N2O3. The highest BCUT2D eigenvalue weighted by molar-refractivity contribution is 5.76. The third kappa shape index (κ3) is 4.63. The summed E-state index contributed by atoms with van der Waals surface area (Å²) >= 11 is 0. The molecule has 0 aliphatic carbocycles. The third-order valence-electron chi connectivity index (χ3n) is 3.78. The Hall–Kier alpha value is -1.75. The number of carbonyl (C=O) groups excluding carboxylic acids is 1. The van der Waals surface area contributed by atoms with Crippen LogP contribution in [-0.2, 0) is 4.79 Å². The fraction of sp³-hybridized carbons (Fsp3) is 0.562. The van der Waals surface area contributed by atoms with Crippen molar-refractivity contribution in [3.05, 3.63) is 24.3 Å². The number of nitrogens with one attached hydrogen (secondary N) is 1. The highest BCUT2D eigenvalue weighted by atomic mass is 16.5. The fourth-order valence-electron chi connectivity index (χ4n) is 2.60. The predicted molar refractivity (Wildman–Crippen MR) is 81.7 cm³/mol. The number of likely N-dealkylation sites (tertiary alicyclic amines) is 1. The van der Waals surface area contributed by atoms with Crippen LogP contribution in [-0.4, -0.2) is 51.2 Å². The molecule has 0 saturated carbocycles. The van der Waals surface area contributed by atoms with E-state index in [-0.39, 0.29) is 5.91 Å². The topological polar surface area (TPSA) is 50.8 Å². The number of hydrogen-bond donors (Lipinski definition) is 1. The number of nitrogens with zero attached hydrogens (tertiary/aromatic N) is 1. The molecule has 2 rings (SSSR count). The van der Waals surface area contributed by atoms with E-state index in [1.807, 2.05) is 36.2 Å². The van der Waals surface area contributed by atoms with Crippen molar-refractivity contribution in [1.29, 1.82) is 0 Å². The van der Waals surface area contributed by atoms with E-state index < -0.39 is 0 Å². The Labute approximate surface area is 126 Å². The van der Waals surface area contributed by atoms with Gasteiger partial charge in [-0.15, -0.1) is 0 Å². The summed E-state index contributed by atoms with van der Waals surface area (Å²) in [6.07, 6.45) is 1.52. The number of benzene rings is 1. The minimum absolute atomic E-state index is 0.183. The SMILES string of the molecule is CNCC1CCN(C(=O)CCOc2ccc(OC)cc2)C1. The van der Waals surface area contributed by atoms with Crippen LogP contribution in [0.2, 0.25) is 0 Å². The summed E-state index contributed by atoms with van der Waals surface area (Å²) in [5.41, 5.74) is 0. The Morgan fingerprint density at radius 3 is 2.71 bits per heavy atom. The van der Waals surface area contributed by atoms with Crippen molar-refractivity contribution in [3.63, 3.8) is 0 Å². The van der Waals surface area contributed by atoms with E-state index in [1.165, 1.54) is 0 Å². The summed E-state index contributed by atoms with van der Waals surface area (Å²) in [5, 5.41) is 3.17. The van der Waals surface area contributed by atoms with Gasteiger partial charge < -0.3 is 19.7 Å². The second-order valence-electron chi connectivity index (χ2n) is 5.33. The van der Waals surface area contributed by atoms with Gasteiger partial charge in [0.1, 0.15) is 11.5 Å². The molecule has 1 atom stereocenters. The maximum absolute atomic E-state index is 12.1. The zero-order valence-electron chi connectivity index (χ0n) is 12.8. The molecule has 1 unspecified atom stereocenters. The molecule has 116 valence electrons. The van der Waals surface area contributed by atoms with Crippen LogP contribution in [0.4, 0.5) is 0 Å². The summed E-state index contributed by atoms with van der Waals surface area (Å²) < 4.78 is 10.7. The largest absolute Gasteiger partial charge is 0.497 e. The van der Waals surface area contributed by atoms with Crippen LogP contribution >= 0.6 is 0 Å². The summed E-state index contributed by atoms with van der Waals surface area (Å²) in [4.78, 5) is 14.0. The van der Waals surface area contributed by atoms with Crippen LogP contribution < -0.4 is 14.8 Å². The van der Waals surface area contributed by atoms with Gasteiger partial charge in [0.25, 0.3) is 0 Å². The van der Waals surface area contributed by atoms with Crippen molar-refractivity contribution in [2.45, 2.75) is 12.8 Å². The lowest BCUT2D eigenvalue weighted by atomic mass is 10.1. The second kappa shape index (κ2) is 7.88. The summed E-state index contributed by atoms with van der Waals surface area (Å²) in [6.45, 7) is 3.13. The first-order valence-corrected chi connectivity index (χ1v) is 7.42. The number of carbonyl (C=O) groups is 1. The Morgan fingerprint density at radius 1 is 1.33 bits per heavy atom. The van der Waals surface area contributed by atoms with Gasteiger partial charge >= 0.3 is 0 Å². The van der Waals surface area contributed by atoms with E-state index in [2.05, 4.69) is 5.32 Å². The van der Waals surface area contributed by atoms with E-state index in [0.29, 0.717) is 18.9 Å². The molecule has 21 heavy (non-hydrogen) atoms. The molecule has 1 saturated heterocycles. The predicted octanol–water partition coefficient (Wildman–Crippen LogP) is 1.53. The highest BCUT2D eigenvalue weighted by Gasteiger charge is 2.25. The number of methoxy groups -OCH3 is 1.